The van der Waals surface area contributed by atoms with Gasteiger partial charge in [-0.3, -0.25) is 9.10 Å². The number of anilines is 1. The van der Waals surface area contributed by atoms with E-state index in [1.807, 2.05) is 6.92 Å². The molecule has 9 nitrogen and oxygen atoms in total. The number of hydrazone groups is 1. The van der Waals surface area contributed by atoms with E-state index in [0.717, 1.165) is 9.87 Å². The van der Waals surface area contributed by atoms with Crippen molar-refractivity contribution in [2.75, 3.05) is 32.2 Å². The lowest BCUT2D eigenvalue weighted by molar-refractivity contribution is -0.119. The predicted octanol–water partition coefficient (Wildman–Crippen LogP) is 4.33. The topological polar surface area (TPSA) is 107 Å². The Labute approximate surface area is 221 Å². The van der Waals surface area contributed by atoms with Gasteiger partial charge >= 0.3 is 0 Å². The molecular formula is C26H28ClN3O6S. The number of carbonyl (C=O) groups is 1. The van der Waals surface area contributed by atoms with E-state index in [-0.39, 0.29) is 10.6 Å². The van der Waals surface area contributed by atoms with E-state index in [2.05, 4.69) is 10.5 Å². The Kier molecular flexibility index (Phi) is 9.01. The van der Waals surface area contributed by atoms with Gasteiger partial charge in [0.2, 0.25) is 5.75 Å². The minimum absolute atomic E-state index is 0.0474. The van der Waals surface area contributed by atoms with Crippen molar-refractivity contribution in [1.29, 1.82) is 0 Å². The summed E-state index contributed by atoms with van der Waals surface area (Å²) in [5.41, 5.74) is 4.77. The molecule has 0 bridgehead atoms. The summed E-state index contributed by atoms with van der Waals surface area (Å²) < 4.78 is 44.1. The summed E-state index contributed by atoms with van der Waals surface area (Å²) in [6.07, 6.45) is 1.38. The van der Waals surface area contributed by atoms with Crippen LogP contribution in [0.5, 0.6) is 17.2 Å². The number of ether oxygens (including phenoxy) is 3. The van der Waals surface area contributed by atoms with Gasteiger partial charge in [-0.2, -0.15) is 5.10 Å². The number of carbonyl (C=O) groups excluding carboxylic acids is 1. The van der Waals surface area contributed by atoms with Crippen molar-refractivity contribution < 1.29 is 27.4 Å². The number of hydrogen-bond acceptors (Lipinski definition) is 7. The molecule has 0 heterocycles. The smallest absolute Gasteiger partial charge is 0.264 e. The van der Waals surface area contributed by atoms with Crippen molar-refractivity contribution in [1.82, 2.24) is 5.43 Å². The zero-order valence-electron chi connectivity index (χ0n) is 21.1. The van der Waals surface area contributed by atoms with Gasteiger partial charge < -0.3 is 14.2 Å². The molecule has 0 unspecified atom stereocenters. The van der Waals surface area contributed by atoms with Gasteiger partial charge in [0, 0.05) is 10.6 Å². The van der Waals surface area contributed by atoms with Crippen LogP contribution in [0.15, 0.2) is 64.6 Å². The Bertz CT molecular complexity index is 1380. The Morgan fingerprint density at radius 2 is 1.59 bits per heavy atom. The van der Waals surface area contributed by atoms with Gasteiger partial charge in [-0.05, 0) is 55.8 Å². The number of nitrogens with one attached hydrogen (secondary N) is 1. The fourth-order valence-electron chi connectivity index (χ4n) is 3.51. The first-order valence-electron chi connectivity index (χ1n) is 11.1. The van der Waals surface area contributed by atoms with Crippen LogP contribution in [0, 0.1) is 13.8 Å². The number of methoxy groups -OCH3 is 3. The van der Waals surface area contributed by atoms with Gasteiger partial charge in [0.15, 0.2) is 11.5 Å². The van der Waals surface area contributed by atoms with E-state index in [9.17, 15) is 13.2 Å². The molecule has 1 N–H and O–H groups in total. The number of aryl methyl sites for hydroxylation is 2. The van der Waals surface area contributed by atoms with Gasteiger partial charge in [0.1, 0.15) is 6.54 Å². The number of rotatable bonds is 10. The molecule has 3 rings (SSSR count). The van der Waals surface area contributed by atoms with Gasteiger partial charge in [-0.15, -0.1) is 0 Å². The highest BCUT2D eigenvalue weighted by molar-refractivity contribution is 7.92. The zero-order valence-corrected chi connectivity index (χ0v) is 22.7. The number of hydrogen-bond donors (Lipinski definition) is 1. The highest BCUT2D eigenvalue weighted by Gasteiger charge is 2.28. The summed E-state index contributed by atoms with van der Waals surface area (Å²) >= 11 is 6.16. The second kappa shape index (κ2) is 12.0. The van der Waals surface area contributed by atoms with Crippen LogP contribution >= 0.6 is 11.6 Å². The monoisotopic (exact) mass is 545 g/mol. The molecular weight excluding hydrogens is 518 g/mol. The number of benzene rings is 3. The summed E-state index contributed by atoms with van der Waals surface area (Å²) in [6, 6.07) is 14.5. The highest BCUT2D eigenvalue weighted by Crippen LogP contribution is 2.37. The maximum Gasteiger partial charge on any atom is 0.264 e. The highest BCUT2D eigenvalue weighted by atomic mass is 35.5. The first-order valence-corrected chi connectivity index (χ1v) is 12.9. The molecule has 0 aromatic heterocycles. The minimum Gasteiger partial charge on any atom is -0.493 e. The van der Waals surface area contributed by atoms with Crippen molar-refractivity contribution in [2.45, 2.75) is 18.7 Å². The van der Waals surface area contributed by atoms with E-state index in [0.29, 0.717) is 33.4 Å². The average molecular weight is 546 g/mol. The van der Waals surface area contributed by atoms with Crippen LogP contribution < -0.4 is 23.9 Å². The van der Waals surface area contributed by atoms with E-state index in [4.69, 9.17) is 25.8 Å². The normalized spacial score (nSPS) is 11.3. The molecule has 0 fully saturated rings. The second-order valence-corrected chi connectivity index (χ2v) is 10.3. The molecule has 0 spiro atoms. The molecule has 3 aromatic carbocycles. The van der Waals surface area contributed by atoms with Gasteiger partial charge in [0.05, 0.1) is 38.1 Å². The predicted molar refractivity (Wildman–Crippen MR) is 144 cm³/mol. The Morgan fingerprint density at radius 3 is 2.16 bits per heavy atom. The van der Waals surface area contributed by atoms with Crippen LogP contribution in [-0.4, -0.2) is 48.4 Å². The molecule has 0 aliphatic carbocycles. The maximum absolute atomic E-state index is 13.6. The Balaban J connectivity index is 1.89. The van der Waals surface area contributed by atoms with E-state index in [1.54, 1.807) is 43.3 Å². The van der Waals surface area contributed by atoms with Gasteiger partial charge in [0.25, 0.3) is 15.9 Å². The molecule has 196 valence electrons. The lowest BCUT2D eigenvalue weighted by atomic mass is 10.2. The molecule has 37 heavy (non-hydrogen) atoms. The number of halogens is 1. The summed E-state index contributed by atoms with van der Waals surface area (Å²) in [5.74, 6) is 0.599. The summed E-state index contributed by atoms with van der Waals surface area (Å²) in [6.45, 7) is 3.07. The summed E-state index contributed by atoms with van der Waals surface area (Å²) in [5, 5.41) is 4.32. The summed E-state index contributed by atoms with van der Waals surface area (Å²) in [4.78, 5) is 12.9. The molecule has 0 aliphatic heterocycles. The third-order valence-electron chi connectivity index (χ3n) is 5.43. The number of amides is 1. The Hall–Kier alpha value is -3.76. The summed E-state index contributed by atoms with van der Waals surface area (Å²) in [7, 11) is 0.373. The number of sulfonamides is 1. The fourth-order valence-corrected chi connectivity index (χ4v) is 5.15. The van der Waals surface area contributed by atoms with Crippen LogP contribution in [-0.2, 0) is 14.8 Å². The van der Waals surface area contributed by atoms with Crippen molar-refractivity contribution >= 4 is 39.4 Å². The SMILES string of the molecule is COc1cc(/C=N\NC(=O)CN(c2cc(Cl)ccc2C)S(=O)(=O)c2ccc(C)cc2)cc(OC)c1OC. The Morgan fingerprint density at radius 1 is 0.973 bits per heavy atom. The molecule has 3 aromatic rings. The van der Waals surface area contributed by atoms with Gasteiger partial charge in [-0.25, -0.2) is 13.8 Å². The van der Waals surface area contributed by atoms with Crippen LogP contribution in [0.4, 0.5) is 5.69 Å². The van der Waals surface area contributed by atoms with Crippen LogP contribution in [0.2, 0.25) is 5.02 Å². The average Bonchev–Trinajstić information content (AvgIpc) is 2.88. The van der Waals surface area contributed by atoms with Crippen LogP contribution in [0.25, 0.3) is 0 Å². The molecule has 0 saturated carbocycles. The maximum atomic E-state index is 13.6. The van der Waals surface area contributed by atoms with Crippen molar-refractivity contribution in [3.63, 3.8) is 0 Å². The van der Waals surface area contributed by atoms with Crippen molar-refractivity contribution in [3.8, 4) is 17.2 Å². The lowest BCUT2D eigenvalue weighted by Crippen LogP contribution is -2.40. The third kappa shape index (κ3) is 6.52. The van der Waals surface area contributed by atoms with Crippen LogP contribution in [0.1, 0.15) is 16.7 Å². The molecule has 1 amide bonds. The molecule has 0 aliphatic rings. The standard InChI is InChI=1S/C26H28ClN3O6S/c1-17-6-10-21(11-7-17)37(32,33)30(22-14-20(27)9-8-18(22)2)16-25(31)29-28-15-19-12-23(34-3)26(36-5)24(13-19)35-4/h6-15H,16H2,1-5H3,(H,29,31)/b28-15-. The van der Waals surface area contributed by atoms with Gasteiger partial charge in [-0.1, -0.05) is 35.4 Å². The quantitative estimate of drug-likeness (QED) is 0.300. The first kappa shape index (κ1) is 27.8. The largest absolute Gasteiger partial charge is 0.493 e. The fraction of sp³-hybridized carbons (Fsp3) is 0.231. The number of nitrogens with zero attached hydrogens (tertiary/aromatic N) is 2. The minimum atomic E-state index is -4.09. The molecule has 0 atom stereocenters. The molecule has 0 saturated heterocycles. The van der Waals surface area contributed by atoms with E-state index < -0.39 is 22.5 Å². The zero-order chi connectivity index (χ0) is 27.2. The molecule has 11 heteroatoms. The van der Waals surface area contributed by atoms with Crippen molar-refractivity contribution in [2.24, 2.45) is 5.10 Å². The van der Waals surface area contributed by atoms with E-state index >= 15 is 0 Å². The van der Waals surface area contributed by atoms with E-state index in [1.165, 1.54) is 45.7 Å². The lowest BCUT2D eigenvalue weighted by Gasteiger charge is -2.25. The second-order valence-electron chi connectivity index (χ2n) is 8.01. The molecule has 0 radical (unpaired) electrons. The van der Waals surface area contributed by atoms with Crippen LogP contribution in [0.3, 0.4) is 0 Å². The van der Waals surface area contributed by atoms with Crippen molar-refractivity contribution in [3.05, 3.63) is 76.3 Å². The third-order valence-corrected chi connectivity index (χ3v) is 7.44. The first-order chi connectivity index (χ1) is 17.6.